The van der Waals surface area contributed by atoms with Crippen molar-refractivity contribution in [1.29, 1.82) is 0 Å². The first-order valence-corrected chi connectivity index (χ1v) is 9.59. The van der Waals surface area contributed by atoms with Crippen molar-refractivity contribution in [1.82, 2.24) is 10.1 Å². The number of amides is 1. The van der Waals surface area contributed by atoms with Crippen LogP contribution in [0.4, 0.5) is 0 Å². The Balaban J connectivity index is 1.58. The summed E-state index contributed by atoms with van der Waals surface area (Å²) in [5.74, 6) is 1.28. The van der Waals surface area contributed by atoms with Crippen molar-refractivity contribution < 1.29 is 9.32 Å². The summed E-state index contributed by atoms with van der Waals surface area (Å²) in [6, 6.07) is 5.96. The Labute approximate surface area is 146 Å². The monoisotopic (exact) mass is 347 g/mol. The van der Waals surface area contributed by atoms with Crippen LogP contribution in [0.3, 0.4) is 0 Å². The molecule has 0 spiro atoms. The van der Waals surface area contributed by atoms with E-state index < -0.39 is 0 Å². The standard InChI is InChI=1S/C18H25N3O2S/c19-18(22)13-21(9-8-14-5-2-1-3-6-14)12-15-11-16(23-20-15)17-7-4-10-24-17/h4,7,10-11,14H,1-3,5-6,8-9,12-13H2,(H2,19,22). The molecule has 0 bridgehead atoms. The quantitative estimate of drug-likeness (QED) is 0.791. The van der Waals surface area contributed by atoms with E-state index in [4.69, 9.17) is 10.3 Å². The highest BCUT2D eigenvalue weighted by molar-refractivity contribution is 7.13. The van der Waals surface area contributed by atoms with E-state index in [2.05, 4.69) is 10.1 Å². The van der Waals surface area contributed by atoms with Crippen LogP contribution in [0, 0.1) is 5.92 Å². The average molecular weight is 347 g/mol. The van der Waals surface area contributed by atoms with Crippen LogP contribution in [-0.2, 0) is 11.3 Å². The van der Waals surface area contributed by atoms with Crippen LogP contribution >= 0.6 is 11.3 Å². The third-order valence-corrected chi connectivity index (χ3v) is 5.55. The van der Waals surface area contributed by atoms with E-state index in [0.29, 0.717) is 6.54 Å². The number of hydrogen-bond donors (Lipinski definition) is 1. The smallest absolute Gasteiger partial charge is 0.231 e. The molecule has 130 valence electrons. The largest absolute Gasteiger partial charge is 0.369 e. The van der Waals surface area contributed by atoms with Crippen LogP contribution in [-0.4, -0.2) is 29.1 Å². The van der Waals surface area contributed by atoms with E-state index in [9.17, 15) is 4.79 Å². The Hall–Kier alpha value is -1.66. The molecule has 5 nitrogen and oxygen atoms in total. The summed E-state index contributed by atoms with van der Waals surface area (Å²) in [7, 11) is 0. The Kier molecular flexibility index (Phi) is 6.04. The zero-order valence-electron chi connectivity index (χ0n) is 13.9. The van der Waals surface area contributed by atoms with Gasteiger partial charge in [-0.25, -0.2) is 0 Å². The zero-order valence-corrected chi connectivity index (χ0v) is 14.8. The van der Waals surface area contributed by atoms with Crippen LogP contribution < -0.4 is 5.73 Å². The van der Waals surface area contributed by atoms with Gasteiger partial charge in [0.05, 0.1) is 17.1 Å². The summed E-state index contributed by atoms with van der Waals surface area (Å²) in [4.78, 5) is 14.5. The van der Waals surface area contributed by atoms with Gasteiger partial charge in [-0.1, -0.05) is 43.3 Å². The van der Waals surface area contributed by atoms with Crippen LogP contribution in [0.2, 0.25) is 0 Å². The molecule has 6 heteroatoms. The molecule has 0 aromatic carbocycles. The minimum atomic E-state index is -0.291. The minimum absolute atomic E-state index is 0.272. The van der Waals surface area contributed by atoms with Crippen LogP contribution in [0.5, 0.6) is 0 Å². The number of hydrogen-bond acceptors (Lipinski definition) is 5. The van der Waals surface area contributed by atoms with Gasteiger partial charge in [0.1, 0.15) is 0 Å². The van der Waals surface area contributed by atoms with Crippen molar-refractivity contribution in [3.05, 3.63) is 29.3 Å². The second-order valence-corrected chi connectivity index (χ2v) is 7.58. The molecule has 1 saturated carbocycles. The number of carbonyl (C=O) groups excluding carboxylic acids is 1. The Morgan fingerprint density at radius 3 is 2.92 bits per heavy atom. The number of primary amides is 1. The molecule has 0 atom stereocenters. The molecule has 0 aliphatic heterocycles. The predicted octanol–water partition coefficient (Wildman–Crippen LogP) is 3.66. The molecule has 2 aromatic heterocycles. The lowest BCUT2D eigenvalue weighted by molar-refractivity contribution is -0.119. The molecule has 0 saturated heterocycles. The molecule has 1 amide bonds. The van der Waals surface area contributed by atoms with Gasteiger partial charge in [-0.3, -0.25) is 9.69 Å². The summed E-state index contributed by atoms with van der Waals surface area (Å²) < 4.78 is 5.43. The Morgan fingerprint density at radius 1 is 1.38 bits per heavy atom. The lowest BCUT2D eigenvalue weighted by Gasteiger charge is -2.25. The highest BCUT2D eigenvalue weighted by atomic mass is 32.1. The minimum Gasteiger partial charge on any atom is -0.369 e. The first-order valence-electron chi connectivity index (χ1n) is 8.71. The van der Waals surface area contributed by atoms with E-state index in [1.165, 1.54) is 32.1 Å². The summed E-state index contributed by atoms with van der Waals surface area (Å²) in [6.45, 7) is 1.76. The fourth-order valence-corrected chi connectivity index (χ4v) is 4.10. The molecule has 1 aliphatic rings. The average Bonchev–Trinajstić information content (AvgIpc) is 3.24. The third kappa shape index (κ3) is 4.92. The number of aromatic nitrogens is 1. The molecule has 0 radical (unpaired) electrons. The maximum absolute atomic E-state index is 11.4. The van der Waals surface area contributed by atoms with Crippen molar-refractivity contribution in [2.45, 2.75) is 45.1 Å². The topological polar surface area (TPSA) is 72.4 Å². The fraction of sp³-hybridized carbons (Fsp3) is 0.556. The number of nitrogens with zero attached hydrogens (tertiary/aromatic N) is 2. The Bertz CT molecular complexity index is 632. The van der Waals surface area contributed by atoms with Crippen molar-refractivity contribution in [3.63, 3.8) is 0 Å². The highest BCUT2D eigenvalue weighted by Gasteiger charge is 2.18. The van der Waals surface area contributed by atoms with Gasteiger partial charge in [0.2, 0.25) is 5.91 Å². The van der Waals surface area contributed by atoms with E-state index in [1.807, 2.05) is 23.6 Å². The molecule has 2 N–H and O–H groups in total. The maximum Gasteiger partial charge on any atom is 0.231 e. The fourth-order valence-electron chi connectivity index (χ4n) is 3.43. The highest BCUT2D eigenvalue weighted by Crippen LogP contribution is 2.27. The van der Waals surface area contributed by atoms with Gasteiger partial charge in [0.15, 0.2) is 5.76 Å². The second-order valence-electron chi connectivity index (χ2n) is 6.63. The molecule has 3 rings (SSSR count). The first-order chi connectivity index (χ1) is 11.7. The van der Waals surface area contributed by atoms with Crippen LogP contribution in [0.15, 0.2) is 28.1 Å². The molecular weight excluding hydrogens is 322 g/mol. The van der Waals surface area contributed by atoms with Crippen molar-refractivity contribution in [3.8, 4) is 10.6 Å². The van der Waals surface area contributed by atoms with Gasteiger partial charge in [-0.2, -0.15) is 0 Å². The summed E-state index contributed by atoms with van der Waals surface area (Å²) in [5, 5.41) is 6.17. The molecule has 1 fully saturated rings. The number of rotatable bonds is 8. The van der Waals surface area contributed by atoms with Crippen molar-refractivity contribution >= 4 is 17.2 Å². The van der Waals surface area contributed by atoms with Gasteiger partial charge in [-0.05, 0) is 30.3 Å². The molecule has 0 unspecified atom stereocenters. The van der Waals surface area contributed by atoms with Crippen molar-refractivity contribution in [2.24, 2.45) is 11.7 Å². The molecule has 2 aromatic rings. The van der Waals surface area contributed by atoms with E-state index in [0.717, 1.165) is 35.2 Å². The molecule has 1 aliphatic carbocycles. The third-order valence-electron chi connectivity index (χ3n) is 4.67. The predicted molar refractivity (Wildman–Crippen MR) is 95.5 cm³/mol. The van der Waals surface area contributed by atoms with Crippen LogP contribution in [0.25, 0.3) is 10.6 Å². The second kappa shape index (κ2) is 8.44. The summed E-state index contributed by atoms with van der Waals surface area (Å²) in [6.07, 6.45) is 7.81. The van der Waals surface area contributed by atoms with Gasteiger partial charge >= 0.3 is 0 Å². The maximum atomic E-state index is 11.4. The van der Waals surface area contributed by atoms with E-state index in [-0.39, 0.29) is 12.5 Å². The van der Waals surface area contributed by atoms with Gasteiger partial charge in [0.25, 0.3) is 0 Å². The van der Waals surface area contributed by atoms with E-state index >= 15 is 0 Å². The normalized spacial score (nSPS) is 15.9. The molecule has 24 heavy (non-hydrogen) atoms. The van der Waals surface area contributed by atoms with Gasteiger partial charge in [-0.15, -0.1) is 11.3 Å². The first kappa shape index (κ1) is 17.2. The summed E-state index contributed by atoms with van der Waals surface area (Å²) >= 11 is 1.63. The SMILES string of the molecule is NC(=O)CN(CCC1CCCCC1)Cc1cc(-c2cccs2)on1. The number of carbonyl (C=O) groups is 1. The lowest BCUT2D eigenvalue weighted by atomic mass is 9.87. The number of thiophene rings is 1. The number of nitrogens with two attached hydrogens (primary N) is 1. The van der Waals surface area contributed by atoms with Crippen LogP contribution in [0.1, 0.15) is 44.2 Å². The van der Waals surface area contributed by atoms with Gasteiger partial charge in [0, 0.05) is 12.6 Å². The lowest BCUT2D eigenvalue weighted by Crippen LogP contribution is -2.35. The van der Waals surface area contributed by atoms with Gasteiger partial charge < -0.3 is 10.3 Å². The molecular formula is C18H25N3O2S. The Morgan fingerprint density at radius 2 is 2.21 bits per heavy atom. The zero-order chi connectivity index (χ0) is 16.8. The molecule has 2 heterocycles. The van der Waals surface area contributed by atoms with E-state index in [1.54, 1.807) is 11.3 Å². The summed E-state index contributed by atoms with van der Waals surface area (Å²) in [5.41, 5.74) is 6.27. The van der Waals surface area contributed by atoms with Crippen molar-refractivity contribution in [2.75, 3.05) is 13.1 Å².